The van der Waals surface area contributed by atoms with Gasteiger partial charge in [-0.25, -0.2) is 0 Å². The van der Waals surface area contributed by atoms with Gasteiger partial charge in [0.05, 0.1) is 0 Å². The third-order valence-corrected chi connectivity index (χ3v) is 1.04. The van der Waals surface area contributed by atoms with Crippen molar-refractivity contribution in [2.75, 3.05) is 13.1 Å². The number of nitrogens with two attached hydrogens (primary N) is 1. The van der Waals surface area contributed by atoms with E-state index in [1.807, 2.05) is 0 Å². The quantitative estimate of drug-likeness (QED) is 0.647. The SMILES string of the molecule is NCC[NH][Po]. The van der Waals surface area contributed by atoms with Crippen molar-refractivity contribution in [2.45, 2.75) is 0 Å². The van der Waals surface area contributed by atoms with Crippen LogP contribution in [0.25, 0.3) is 0 Å². The second kappa shape index (κ2) is 4.82. The molecule has 0 aliphatic heterocycles. The van der Waals surface area contributed by atoms with E-state index >= 15 is 0 Å². The van der Waals surface area contributed by atoms with E-state index in [0.29, 0.717) is 0 Å². The van der Waals surface area contributed by atoms with Crippen LogP contribution in [-0.2, 0) is 0 Å². The Balaban J connectivity index is 2.19. The topological polar surface area (TPSA) is 38.0 Å². The summed E-state index contributed by atoms with van der Waals surface area (Å²) < 4.78 is 2.98. The summed E-state index contributed by atoms with van der Waals surface area (Å²) >= 11 is 1.39. The molecule has 31 valence electrons. The standard InChI is InChI=1S/C2H7N2.Po/c3-1-2-4;/h3H,1-2,4H2;/q-1;+1. The predicted molar refractivity (Wildman–Crippen MR) is 22.8 cm³/mol. The van der Waals surface area contributed by atoms with Crippen LogP contribution >= 0.6 is 0 Å². The molecule has 5 heavy (non-hydrogen) atoms. The van der Waals surface area contributed by atoms with Crippen molar-refractivity contribution in [3.05, 3.63) is 0 Å². The van der Waals surface area contributed by atoms with Gasteiger partial charge in [-0.15, -0.1) is 0 Å². The molecule has 0 aromatic carbocycles. The third-order valence-electron chi connectivity index (χ3n) is 0.246. The summed E-state index contributed by atoms with van der Waals surface area (Å²) in [5, 5.41) is 0. The molecular formula is C2H7N2Po. The van der Waals surface area contributed by atoms with Crippen LogP contribution in [0.3, 0.4) is 0 Å². The zero-order chi connectivity index (χ0) is 4.12. The molecule has 0 spiro atoms. The summed E-state index contributed by atoms with van der Waals surface area (Å²) in [6, 6.07) is 0. The number of nitrogens with one attached hydrogen (secondary N) is 1. The Morgan fingerprint density at radius 1 is 1.80 bits per heavy atom. The Bertz CT molecular complexity index is 15.1. The van der Waals surface area contributed by atoms with Crippen LogP contribution in [0.15, 0.2) is 0 Å². The monoisotopic (exact) mass is 268 g/mol. The number of hydrogen-bond donors (Lipinski definition) is 2. The summed E-state index contributed by atoms with van der Waals surface area (Å²) in [5.74, 6) is 0. The molecule has 0 saturated heterocycles. The van der Waals surface area contributed by atoms with Crippen LogP contribution in [0.4, 0.5) is 0 Å². The van der Waals surface area contributed by atoms with E-state index in [9.17, 15) is 0 Å². The van der Waals surface area contributed by atoms with Crippen molar-refractivity contribution in [3.63, 3.8) is 0 Å². The minimum atomic E-state index is 0.753. The molecule has 2 nitrogen and oxygen atoms in total. The van der Waals surface area contributed by atoms with Gasteiger partial charge in [0, 0.05) is 0 Å². The molecule has 0 rings (SSSR count). The average molecular weight is 268 g/mol. The molecule has 0 amide bonds. The van der Waals surface area contributed by atoms with Crippen molar-refractivity contribution < 1.29 is 0 Å². The van der Waals surface area contributed by atoms with Crippen molar-refractivity contribution in [3.8, 4) is 0 Å². The maximum atomic E-state index is 5.09. The van der Waals surface area contributed by atoms with E-state index in [1.54, 1.807) is 0 Å². The van der Waals surface area contributed by atoms with Crippen molar-refractivity contribution >= 4 is 25.4 Å². The summed E-state index contributed by atoms with van der Waals surface area (Å²) in [6.07, 6.45) is 0. The van der Waals surface area contributed by atoms with E-state index in [1.165, 1.54) is 25.4 Å². The molecule has 0 aromatic rings. The molecule has 0 aliphatic carbocycles. The maximum absolute atomic E-state index is 5.09. The van der Waals surface area contributed by atoms with Gasteiger partial charge in [-0.05, 0) is 0 Å². The van der Waals surface area contributed by atoms with Crippen LogP contribution in [0.5, 0.6) is 0 Å². The second-order valence-electron chi connectivity index (χ2n) is 0.683. The molecule has 0 bridgehead atoms. The Hall–Kier alpha value is 0.816. The van der Waals surface area contributed by atoms with Gasteiger partial charge in [-0.1, -0.05) is 0 Å². The molecular weight excluding hydrogens is 261 g/mol. The first-order valence-electron chi connectivity index (χ1n) is 1.47. The molecule has 0 aromatic heterocycles. The molecule has 1 radical (unpaired) electrons. The molecule has 0 aliphatic rings. The first kappa shape index (κ1) is 5.82. The zero-order valence-corrected chi connectivity index (χ0v) is 6.07. The van der Waals surface area contributed by atoms with Gasteiger partial charge in [0.25, 0.3) is 0 Å². The molecule has 0 atom stereocenters. The van der Waals surface area contributed by atoms with Gasteiger partial charge < -0.3 is 0 Å². The first-order valence-corrected chi connectivity index (χ1v) is 3.05. The van der Waals surface area contributed by atoms with Gasteiger partial charge >= 0.3 is 47.4 Å². The molecule has 0 saturated carbocycles. The van der Waals surface area contributed by atoms with E-state index in [0.717, 1.165) is 13.1 Å². The summed E-state index contributed by atoms with van der Waals surface area (Å²) in [5.41, 5.74) is 5.09. The molecule has 3 N–H and O–H groups in total. The van der Waals surface area contributed by atoms with Crippen LogP contribution in [0.1, 0.15) is 0 Å². The second-order valence-corrected chi connectivity index (χ2v) is 1.81. The number of rotatable bonds is 2. The third kappa shape index (κ3) is 4.82. The van der Waals surface area contributed by atoms with Gasteiger partial charge in [0.15, 0.2) is 0 Å². The summed E-state index contributed by atoms with van der Waals surface area (Å²) in [6.45, 7) is 1.71. The fourth-order valence-corrected chi connectivity index (χ4v) is 0.517. The van der Waals surface area contributed by atoms with Crippen molar-refractivity contribution in [1.82, 2.24) is 3.22 Å². The van der Waals surface area contributed by atoms with E-state index in [4.69, 9.17) is 5.73 Å². The fourth-order valence-electron chi connectivity index (χ4n) is 0.0589. The van der Waals surface area contributed by atoms with Crippen molar-refractivity contribution in [2.24, 2.45) is 5.73 Å². The van der Waals surface area contributed by atoms with Gasteiger partial charge in [-0.2, -0.15) is 0 Å². The summed E-state index contributed by atoms with van der Waals surface area (Å²) in [7, 11) is 0. The Kier molecular flexibility index (Phi) is 5.60. The van der Waals surface area contributed by atoms with Crippen LogP contribution in [0, 0.1) is 0 Å². The normalized spacial score (nSPS) is 8.40. The minimum absolute atomic E-state index is 0.753. The fraction of sp³-hybridized carbons (Fsp3) is 1.00. The molecule has 0 unspecified atom stereocenters. The van der Waals surface area contributed by atoms with E-state index in [2.05, 4.69) is 3.22 Å². The predicted octanol–water partition coefficient (Wildman–Crippen LogP) is -1.38. The number of hydrogen-bond acceptors (Lipinski definition) is 2. The van der Waals surface area contributed by atoms with Gasteiger partial charge in [0.1, 0.15) is 0 Å². The van der Waals surface area contributed by atoms with E-state index < -0.39 is 0 Å². The van der Waals surface area contributed by atoms with Crippen LogP contribution in [0.2, 0.25) is 0 Å². The summed E-state index contributed by atoms with van der Waals surface area (Å²) in [4.78, 5) is 0. The molecule has 0 heterocycles. The van der Waals surface area contributed by atoms with Crippen LogP contribution in [-0.4, -0.2) is 38.4 Å². The Morgan fingerprint density at radius 2 is 2.40 bits per heavy atom. The Labute approximate surface area is 47.7 Å². The molecule has 0 fully saturated rings. The Morgan fingerprint density at radius 3 is 2.40 bits per heavy atom. The van der Waals surface area contributed by atoms with Crippen molar-refractivity contribution in [1.29, 1.82) is 0 Å². The zero-order valence-electron chi connectivity index (χ0n) is 2.90. The van der Waals surface area contributed by atoms with Crippen LogP contribution < -0.4 is 8.95 Å². The average Bonchev–Trinajstić information content (AvgIpc) is 1.41. The van der Waals surface area contributed by atoms with Gasteiger partial charge in [0.2, 0.25) is 0 Å². The van der Waals surface area contributed by atoms with E-state index in [-0.39, 0.29) is 0 Å². The first-order chi connectivity index (χ1) is 2.41. The van der Waals surface area contributed by atoms with Gasteiger partial charge in [-0.3, -0.25) is 0 Å². The molecule has 3 heteroatoms.